The molecule has 178 valence electrons. The molecule has 2 aromatic heterocycles. The van der Waals surface area contributed by atoms with Gasteiger partial charge in [0.25, 0.3) is 0 Å². The summed E-state index contributed by atoms with van der Waals surface area (Å²) in [7, 11) is 0. The minimum absolute atomic E-state index is 0.000647. The molecule has 34 heavy (non-hydrogen) atoms. The number of nitrogens with zero attached hydrogens (tertiary/aromatic N) is 3. The van der Waals surface area contributed by atoms with Crippen molar-refractivity contribution in [3.63, 3.8) is 0 Å². The van der Waals surface area contributed by atoms with Gasteiger partial charge in [-0.3, -0.25) is 9.59 Å². The van der Waals surface area contributed by atoms with Crippen molar-refractivity contribution in [2.24, 2.45) is 5.92 Å². The maximum Gasteiger partial charge on any atom is 0.238 e. The summed E-state index contributed by atoms with van der Waals surface area (Å²) in [5, 5.41) is 6.40. The third-order valence-corrected chi connectivity index (χ3v) is 5.78. The molecule has 0 unspecified atom stereocenters. The van der Waals surface area contributed by atoms with Crippen LogP contribution in [0.4, 0.5) is 14.6 Å². The van der Waals surface area contributed by atoms with Crippen LogP contribution in [0.2, 0.25) is 0 Å². The second-order valence-corrected chi connectivity index (χ2v) is 9.62. The third-order valence-electron chi connectivity index (χ3n) is 5.78. The van der Waals surface area contributed by atoms with E-state index in [1.165, 1.54) is 12.1 Å². The van der Waals surface area contributed by atoms with Crippen molar-refractivity contribution >= 4 is 17.5 Å². The molecule has 1 saturated carbocycles. The molecule has 7 nitrogen and oxygen atoms in total. The standard InChI is InChI=1S/C25H26F2N4O3/c1-13-14(8-10-19(32)22-30-24(34-31-22)25(2,3)4)7-9-16(21(13)27)17-11-20(28-12-18(17)26)29-23(33)15-5-6-15/h7,9,11-12,15H,5-6,8,10H2,1-4H3,(H,28,29,33). The Balaban J connectivity index is 1.50. The van der Waals surface area contributed by atoms with Gasteiger partial charge in [-0.25, -0.2) is 13.8 Å². The predicted molar refractivity (Wildman–Crippen MR) is 121 cm³/mol. The van der Waals surface area contributed by atoms with E-state index in [0.717, 1.165) is 19.0 Å². The molecule has 0 saturated heterocycles. The molecule has 0 spiro atoms. The fourth-order valence-electron chi connectivity index (χ4n) is 3.49. The van der Waals surface area contributed by atoms with Crippen LogP contribution in [0.15, 0.2) is 28.9 Å². The summed E-state index contributed by atoms with van der Waals surface area (Å²) in [4.78, 5) is 32.5. The highest BCUT2D eigenvalue weighted by atomic mass is 19.1. The number of hydrogen-bond acceptors (Lipinski definition) is 6. The Hall–Kier alpha value is -3.49. The first-order valence-corrected chi connectivity index (χ1v) is 11.2. The molecule has 1 fully saturated rings. The van der Waals surface area contributed by atoms with Crippen molar-refractivity contribution in [2.75, 3.05) is 5.32 Å². The van der Waals surface area contributed by atoms with Gasteiger partial charge < -0.3 is 9.84 Å². The van der Waals surface area contributed by atoms with Crippen LogP contribution in [0.5, 0.6) is 0 Å². The van der Waals surface area contributed by atoms with Gasteiger partial charge in [-0.15, -0.1) is 0 Å². The van der Waals surface area contributed by atoms with E-state index in [1.807, 2.05) is 20.8 Å². The molecule has 1 N–H and O–H groups in total. The van der Waals surface area contributed by atoms with Crippen LogP contribution in [0.3, 0.4) is 0 Å². The highest BCUT2D eigenvalue weighted by molar-refractivity contribution is 5.94. The molecule has 1 aliphatic carbocycles. The van der Waals surface area contributed by atoms with E-state index in [4.69, 9.17) is 4.52 Å². The summed E-state index contributed by atoms with van der Waals surface area (Å²) in [6.07, 6.45) is 2.95. The Kier molecular flexibility index (Phi) is 6.29. The topological polar surface area (TPSA) is 98.0 Å². The SMILES string of the molecule is Cc1c(CCC(=O)c2noc(C(C)(C)C)n2)ccc(-c2cc(NC(=O)C3CC3)ncc2F)c1F. The zero-order valence-electron chi connectivity index (χ0n) is 19.5. The smallest absolute Gasteiger partial charge is 0.238 e. The first-order valence-electron chi connectivity index (χ1n) is 11.2. The number of ketones is 1. The summed E-state index contributed by atoms with van der Waals surface area (Å²) < 4.78 is 34.9. The molecule has 0 aliphatic heterocycles. The number of carbonyl (C=O) groups is 2. The molecule has 2 heterocycles. The first-order chi connectivity index (χ1) is 16.0. The van der Waals surface area contributed by atoms with Crippen LogP contribution >= 0.6 is 0 Å². The van der Waals surface area contributed by atoms with Crippen molar-refractivity contribution in [3.8, 4) is 11.1 Å². The number of benzene rings is 1. The Morgan fingerprint density at radius 3 is 2.56 bits per heavy atom. The van der Waals surface area contributed by atoms with Gasteiger partial charge in [-0.1, -0.05) is 38.1 Å². The van der Waals surface area contributed by atoms with Crippen LogP contribution in [-0.2, 0) is 16.6 Å². The van der Waals surface area contributed by atoms with Gasteiger partial charge in [0.2, 0.25) is 23.4 Å². The van der Waals surface area contributed by atoms with E-state index in [-0.39, 0.29) is 58.6 Å². The van der Waals surface area contributed by atoms with E-state index in [2.05, 4.69) is 20.4 Å². The number of hydrogen-bond donors (Lipinski definition) is 1. The van der Waals surface area contributed by atoms with Gasteiger partial charge >= 0.3 is 0 Å². The monoisotopic (exact) mass is 468 g/mol. The number of halogens is 2. The Morgan fingerprint density at radius 2 is 1.91 bits per heavy atom. The van der Waals surface area contributed by atoms with E-state index in [0.29, 0.717) is 17.0 Å². The van der Waals surface area contributed by atoms with Gasteiger partial charge in [-0.2, -0.15) is 4.98 Å². The lowest BCUT2D eigenvalue weighted by molar-refractivity contribution is -0.117. The van der Waals surface area contributed by atoms with Crippen molar-refractivity contribution in [3.05, 3.63) is 58.9 Å². The third kappa shape index (κ3) is 5.03. The zero-order chi connectivity index (χ0) is 24.6. The quantitative estimate of drug-likeness (QED) is 0.480. The molecule has 0 radical (unpaired) electrons. The molecule has 1 amide bonds. The highest BCUT2D eigenvalue weighted by Crippen LogP contribution is 2.33. The molecule has 9 heteroatoms. The van der Waals surface area contributed by atoms with E-state index < -0.39 is 11.6 Å². The number of pyridine rings is 1. The molecule has 3 aromatic rings. The summed E-state index contributed by atoms with van der Waals surface area (Å²) >= 11 is 0. The number of amides is 1. The number of carbonyl (C=O) groups excluding carboxylic acids is 2. The van der Waals surface area contributed by atoms with Crippen LogP contribution in [-0.4, -0.2) is 26.8 Å². The number of aryl methyl sites for hydroxylation is 1. The number of anilines is 1. The molecule has 1 aromatic carbocycles. The minimum atomic E-state index is -0.697. The summed E-state index contributed by atoms with van der Waals surface area (Å²) in [6, 6.07) is 4.47. The number of aromatic nitrogens is 3. The Labute approximate surface area is 196 Å². The average molecular weight is 469 g/mol. The van der Waals surface area contributed by atoms with Crippen LogP contribution in [0.25, 0.3) is 11.1 Å². The molecule has 0 bridgehead atoms. The molecule has 0 atom stereocenters. The minimum Gasteiger partial charge on any atom is -0.338 e. The van der Waals surface area contributed by atoms with Gasteiger partial charge in [-0.05, 0) is 43.4 Å². The largest absolute Gasteiger partial charge is 0.338 e. The summed E-state index contributed by atoms with van der Waals surface area (Å²) in [5.41, 5.74) is 0.622. The van der Waals surface area contributed by atoms with E-state index >= 15 is 4.39 Å². The van der Waals surface area contributed by atoms with Gasteiger partial charge in [0.1, 0.15) is 17.5 Å². The average Bonchev–Trinajstić information content (AvgIpc) is 3.51. The number of rotatable bonds is 7. The maximum atomic E-state index is 15.2. The Morgan fingerprint density at radius 1 is 1.18 bits per heavy atom. The molecular formula is C25H26F2N4O3. The van der Waals surface area contributed by atoms with Crippen LogP contribution < -0.4 is 5.32 Å². The van der Waals surface area contributed by atoms with Crippen LogP contribution in [0.1, 0.15) is 67.7 Å². The first kappa shape index (κ1) is 23.7. The second kappa shape index (κ2) is 9.04. The number of Topliss-reactive ketones (excluding diaryl/α,β-unsaturated/α-hetero) is 1. The van der Waals surface area contributed by atoms with Gasteiger partial charge in [0.15, 0.2) is 0 Å². The summed E-state index contributed by atoms with van der Waals surface area (Å²) in [6.45, 7) is 7.29. The normalized spacial score (nSPS) is 13.7. The molecule has 4 rings (SSSR count). The maximum absolute atomic E-state index is 15.2. The fourth-order valence-corrected chi connectivity index (χ4v) is 3.49. The molecule has 1 aliphatic rings. The van der Waals surface area contributed by atoms with Crippen molar-refractivity contribution in [1.29, 1.82) is 0 Å². The molecular weight excluding hydrogens is 442 g/mol. The van der Waals surface area contributed by atoms with Crippen molar-refractivity contribution in [2.45, 2.75) is 58.8 Å². The van der Waals surface area contributed by atoms with Gasteiger partial charge in [0.05, 0.1) is 6.20 Å². The lowest BCUT2D eigenvalue weighted by Crippen LogP contribution is -2.14. The second-order valence-electron chi connectivity index (χ2n) is 9.62. The number of nitrogens with one attached hydrogen (secondary N) is 1. The van der Waals surface area contributed by atoms with Crippen molar-refractivity contribution < 1.29 is 22.9 Å². The van der Waals surface area contributed by atoms with Gasteiger partial charge in [0, 0.05) is 28.9 Å². The predicted octanol–water partition coefficient (Wildman–Crippen LogP) is 5.18. The van der Waals surface area contributed by atoms with E-state index in [1.54, 1.807) is 13.0 Å². The zero-order valence-corrected chi connectivity index (χ0v) is 19.5. The summed E-state index contributed by atoms with van der Waals surface area (Å²) in [5.74, 6) is -1.26. The van der Waals surface area contributed by atoms with E-state index in [9.17, 15) is 14.0 Å². The van der Waals surface area contributed by atoms with Crippen LogP contribution in [0, 0.1) is 24.5 Å². The van der Waals surface area contributed by atoms with Crippen molar-refractivity contribution in [1.82, 2.24) is 15.1 Å². The lowest BCUT2D eigenvalue weighted by atomic mass is 9.96. The lowest BCUT2D eigenvalue weighted by Gasteiger charge is -2.13. The highest BCUT2D eigenvalue weighted by Gasteiger charge is 2.30. The Bertz CT molecular complexity index is 1260. The fraction of sp³-hybridized carbons (Fsp3) is 0.400.